The summed E-state index contributed by atoms with van der Waals surface area (Å²) < 4.78 is 18.8. The van der Waals surface area contributed by atoms with E-state index in [1.54, 1.807) is 0 Å². The van der Waals surface area contributed by atoms with Gasteiger partial charge in [-0.15, -0.1) is 0 Å². The van der Waals surface area contributed by atoms with Crippen molar-refractivity contribution in [3.8, 4) is 0 Å². The van der Waals surface area contributed by atoms with Gasteiger partial charge in [0.15, 0.2) is 5.82 Å². The van der Waals surface area contributed by atoms with Crippen LogP contribution in [0.1, 0.15) is 13.3 Å². The minimum atomic E-state index is -0.355. The molecule has 2 unspecified atom stereocenters. The Balaban J connectivity index is 2.10. The summed E-state index contributed by atoms with van der Waals surface area (Å²) in [6, 6.07) is 1.29. The molecule has 1 aromatic heterocycles. The Bertz CT molecular complexity index is 363. The van der Waals surface area contributed by atoms with Gasteiger partial charge in [0, 0.05) is 18.1 Å². The summed E-state index contributed by atoms with van der Waals surface area (Å²) in [5.41, 5.74) is 0. The summed E-state index contributed by atoms with van der Waals surface area (Å²) >= 11 is 7.05. The summed E-state index contributed by atoms with van der Waals surface area (Å²) in [7, 11) is 0. The second kappa shape index (κ2) is 4.68. The van der Waals surface area contributed by atoms with Gasteiger partial charge in [0.1, 0.15) is 5.03 Å². The lowest BCUT2D eigenvalue weighted by atomic mass is 10.3. The van der Waals surface area contributed by atoms with E-state index < -0.39 is 0 Å². The monoisotopic (exact) mass is 247 g/mol. The first-order valence-electron chi connectivity index (χ1n) is 4.76. The van der Waals surface area contributed by atoms with Crippen LogP contribution in [0.25, 0.3) is 0 Å². The molecule has 1 aliphatic heterocycles. The Morgan fingerprint density at radius 1 is 1.67 bits per heavy atom. The zero-order valence-electron chi connectivity index (χ0n) is 8.24. The van der Waals surface area contributed by atoms with Crippen molar-refractivity contribution in [3.63, 3.8) is 0 Å². The maximum absolute atomic E-state index is 13.4. The van der Waals surface area contributed by atoms with Crippen molar-refractivity contribution in [1.29, 1.82) is 0 Å². The van der Waals surface area contributed by atoms with Crippen LogP contribution in [0, 0.1) is 5.82 Å². The zero-order chi connectivity index (χ0) is 10.8. The van der Waals surface area contributed by atoms with Crippen LogP contribution < -0.4 is 0 Å². The molecule has 2 nitrogen and oxygen atoms in total. The second-order valence-electron chi connectivity index (χ2n) is 3.46. The molecule has 0 aromatic carbocycles. The smallest absolute Gasteiger partial charge is 0.156 e. The van der Waals surface area contributed by atoms with Crippen molar-refractivity contribution in [2.24, 2.45) is 0 Å². The van der Waals surface area contributed by atoms with E-state index in [1.807, 2.05) is 6.92 Å². The number of halogens is 2. The topological polar surface area (TPSA) is 22.1 Å². The predicted octanol–water partition coefficient (Wildman–Crippen LogP) is 3.14. The minimum Gasteiger partial charge on any atom is -0.377 e. The molecule has 0 aliphatic carbocycles. The van der Waals surface area contributed by atoms with E-state index in [1.165, 1.54) is 24.0 Å². The minimum absolute atomic E-state index is 0.159. The van der Waals surface area contributed by atoms with E-state index in [4.69, 9.17) is 16.3 Å². The molecule has 1 saturated heterocycles. The van der Waals surface area contributed by atoms with E-state index in [2.05, 4.69) is 4.98 Å². The molecule has 2 heterocycles. The number of hydrogen-bond donors (Lipinski definition) is 0. The lowest BCUT2D eigenvalue weighted by Gasteiger charge is -2.12. The Morgan fingerprint density at radius 2 is 2.47 bits per heavy atom. The van der Waals surface area contributed by atoms with Crippen molar-refractivity contribution >= 4 is 23.4 Å². The zero-order valence-corrected chi connectivity index (χ0v) is 9.82. The first kappa shape index (κ1) is 11.2. The standard InChI is InChI=1S/C10H11ClFNOS/c1-6-9(2-3-14-6)15-10-8(12)4-7(11)5-13-10/h4-6,9H,2-3H2,1H3. The highest BCUT2D eigenvalue weighted by molar-refractivity contribution is 7.99. The van der Waals surface area contributed by atoms with Crippen LogP contribution in [0.3, 0.4) is 0 Å². The molecule has 0 saturated carbocycles. The third-order valence-corrected chi connectivity index (χ3v) is 4.00. The van der Waals surface area contributed by atoms with Crippen LogP contribution in [0.4, 0.5) is 4.39 Å². The van der Waals surface area contributed by atoms with E-state index in [9.17, 15) is 4.39 Å². The lowest BCUT2D eigenvalue weighted by Crippen LogP contribution is -2.13. The SMILES string of the molecule is CC1OCCC1Sc1ncc(Cl)cc1F. The van der Waals surface area contributed by atoms with Crippen molar-refractivity contribution in [1.82, 2.24) is 4.98 Å². The van der Waals surface area contributed by atoms with Crippen molar-refractivity contribution in [2.75, 3.05) is 6.61 Å². The summed E-state index contributed by atoms with van der Waals surface area (Å²) in [6.07, 6.45) is 2.56. The van der Waals surface area contributed by atoms with E-state index in [0.29, 0.717) is 10.0 Å². The Kier molecular flexibility index (Phi) is 3.49. The Hall–Kier alpha value is -0.320. The van der Waals surface area contributed by atoms with Gasteiger partial charge in [-0.1, -0.05) is 23.4 Å². The van der Waals surface area contributed by atoms with Crippen LogP contribution in [0.15, 0.2) is 17.3 Å². The van der Waals surface area contributed by atoms with Crippen LogP contribution in [0.2, 0.25) is 5.02 Å². The number of rotatable bonds is 2. The number of aromatic nitrogens is 1. The third-order valence-electron chi connectivity index (χ3n) is 2.34. The molecule has 0 N–H and O–H groups in total. The van der Waals surface area contributed by atoms with Gasteiger partial charge in [-0.2, -0.15) is 0 Å². The summed E-state index contributed by atoms with van der Waals surface area (Å²) in [4.78, 5) is 3.98. The van der Waals surface area contributed by atoms with E-state index in [0.717, 1.165) is 13.0 Å². The molecule has 2 rings (SSSR count). The number of hydrogen-bond acceptors (Lipinski definition) is 3. The van der Waals surface area contributed by atoms with E-state index in [-0.39, 0.29) is 17.2 Å². The fourth-order valence-corrected chi connectivity index (χ4v) is 2.70. The van der Waals surface area contributed by atoms with Gasteiger partial charge < -0.3 is 4.74 Å². The van der Waals surface area contributed by atoms with Crippen LogP contribution >= 0.6 is 23.4 Å². The normalized spacial score (nSPS) is 25.8. The van der Waals surface area contributed by atoms with Crippen molar-refractivity contribution < 1.29 is 9.13 Å². The van der Waals surface area contributed by atoms with Gasteiger partial charge >= 0.3 is 0 Å². The molecular formula is C10H11ClFNOS. The quantitative estimate of drug-likeness (QED) is 0.802. The molecule has 0 radical (unpaired) electrons. The fraction of sp³-hybridized carbons (Fsp3) is 0.500. The van der Waals surface area contributed by atoms with Gasteiger partial charge in [-0.05, 0) is 19.4 Å². The van der Waals surface area contributed by atoms with Crippen LogP contribution in [0.5, 0.6) is 0 Å². The maximum atomic E-state index is 13.4. The molecule has 15 heavy (non-hydrogen) atoms. The highest BCUT2D eigenvalue weighted by Crippen LogP contribution is 2.33. The largest absolute Gasteiger partial charge is 0.377 e. The fourth-order valence-electron chi connectivity index (χ4n) is 1.50. The Labute approximate surface area is 97.2 Å². The highest BCUT2D eigenvalue weighted by Gasteiger charge is 2.26. The molecular weight excluding hydrogens is 237 g/mol. The van der Waals surface area contributed by atoms with E-state index >= 15 is 0 Å². The molecule has 5 heteroatoms. The van der Waals surface area contributed by atoms with Crippen molar-refractivity contribution in [2.45, 2.75) is 29.7 Å². The summed E-state index contributed by atoms with van der Waals surface area (Å²) in [6.45, 7) is 2.74. The number of ether oxygens (including phenoxy) is 1. The molecule has 1 aliphatic rings. The lowest BCUT2D eigenvalue weighted by molar-refractivity contribution is 0.127. The van der Waals surface area contributed by atoms with Crippen molar-refractivity contribution in [3.05, 3.63) is 23.1 Å². The van der Waals surface area contributed by atoms with Gasteiger partial charge in [-0.3, -0.25) is 0 Å². The molecule has 0 spiro atoms. The van der Waals surface area contributed by atoms with Gasteiger partial charge in [0.2, 0.25) is 0 Å². The third kappa shape index (κ3) is 2.62. The first-order chi connectivity index (χ1) is 7.16. The number of pyridine rings is 1. The maximum Gasteiger partial charge on any atom is 0.156 e. The molecule has 0 amide bonds. The van der Waals surface area contributed by atoms with Crippen LogP contribution in [-0.2, 0) is 4.74 Å². The number of nitrogens with zero attached hydrogens (tertiary/aromatic N) is 1. The molecule has 0 bridgehead atoms. The van der Waals surface area contributed by atoms with Gasteiger partial charge in [-0.25, -0.2) is 9.37 Å². The molecule has 1 fully saturated rings. The average Bonchev–Trinajstić information content (AvgIpc) is 2.57. The van der Waals surface area contributed by atoms with Gasteiger partial charge in [0.25, 0.3) is 0 Å². The summed E-state index contributed by atoms with van der Waals surface area (Å²) in [5.74, 6) is -0.355. The first-order valence-corrected chi connectivity index (χ1v) is 6.02. The van der Waals surface area contributed by atoms with Crippen LogP contribution in [-0.4, -0.2) is 22.9 Å². The average molecular weight is 248 g/mol. The Morgan fingerprint density at radius 3 is 3.07 bits per heavy atom. The molecule has 1 aromatic rings. The second-order valence-corrected chi connectivity index (χ2v) is 5.13. The predicted molar refractivity (Wildman–Crippen MR) is 58.9 cm³/mol. The molecule has 2 atom stereocenters. The van der Waals surface area contributed by atoms with Gasteiger partial charge in [0.05, 0.1) is 11.1 Å². The highest BCUT2D eigenvalue weighted by atomic mass is 35.5. The number of thioether (sulfide) groups is 1. The molecule has 82 valence electrons. The summed E-state index contributed by atoms with van der Waals surface area (Å²) in [5, 5.41) is 1.02.